The highest BCUT2D eigenvalue weighted by molar-refractivity contribution is 7.19. The third kappa shape index (κ3) is 7.04. The Morgan fingerprint density at radius 3 is 2.86 bits per heavy atom. The molecule has 5 nitrogen and oxygen atoms in total. The first-order valence-corrected chi connectivity index (χ1v) is 13.8. The number of aliphatic hydroxyl groups excluding tert-OH is 1. The molecule has 1 aromatic heterocycles. The van der Waals surface area contributed by atoms with Gasteiger partial charge in [0.15, 0.2) is 6.29 Å². The average molecular weight is 499 g/mol. The van der Waals surface area contributed by atoms with Gasteiger partial charge >= 0.3 is 5.97 Å². The quantitative estimate of drug-likeness (QED) is 0.263. The number of hydrogen-bond donors (Lipinski definition) is 2. The highest BCUT2D eigenvalue weighted by Crippen LogP contribution is 2.41. The zero-order valence-electron chi connectivity index (χ0n) is 20.6. The van der Waals surface area contributed by atoms with E-state index in [0.717, 1.165) is 56.4 Å². The van der Waals surface area contributed by atoms with E-state index in [1.165, 1.54) is 10.1 Å². The molecule has 2 heterocycles. The minimum Gasteiger partial charge on any atom is -0.481 e. The summed E-state index contributed by atoms with van der Waals surface area (Å²) in [5, 5.41) is 20.6. The summed E-state index contributed by atoms with van der Waals surface area (Å²) in [5.74, 6) is -0.310. The number of allylic oxidation sites excluding steroid dienone is 3. The normalized spacial score (nSPS) is 27.1. The lowest BCUT2D eigenvalue weighted by Crippen LogP contribution is -2.33. The molecule has 4 rings (SSSR count). The predicted molar refractivity (Wildman–Crippen MR) is 140 cm³/mol. The van der Waals surface area contributed by atoms with Crippen LogP contribution in [0.1, 0.15) is 69.6 Å². The molecule has 2 unspecified atom stereocenters. The summed E-state index contributed by atoms with van der Waals surface area (Å²) in [7, 11) is 0. The zero-order valence-corrected chi connectivity index (χ0v) is 21.4. The highest BCUT2D eigenvalue weighted by atomic mass is 32.1. The van der Waals surface area contributed by atoms with Crippen LogP contribution in [0.2, 0.25) is 0 Å². The molecule has 35 heavy (non-hydrogen) atoms. The topological polar surface area (TPSA) is 76.0 Å². The number of carboxylic acid groups (broad SMARTS) is 1. The number of unbranched alkanes of at least 4 members (excludes halogenated alkanes) is 1. The summed E-state index contributed by atoms with van der Waals surface area (Å²) in [6.07, 6.45) is 15.4. The Morgan fingerprint density at radius 1 is 1.23 bits per heavy atom. The van der Waals surface area contributed by atoms with Gasteiger partial charge in [-0.3, -0.25) is 4.79 Å². The van der Waals surface area contributed by atoms with E-state index in [1.54, 1.807) is 11.3 Å². The molecule has 1 aliphatic heterocycles. The van der Waals surface area contributed by atoms with Gasteiger partial charge in [0.05, 0.1) is 6.10 Å². The molecule has 5 atom stereocenters. The highest BCUT2D eigenvalue weighted by Gasteiger charge is 2.35. The molecule has 0 bridgehead atoms. The van der Waals surface area contributed by atoms with Gasteiger partial charge in [-0.25, -0.2) is 0 Å². The number of carboxylic acids is 1. The summed E-state index contributed by atoms with van der Waals surface area (Å²) in [6, 6.07) is 10.7. The van der Waals surface area contributed by atoms with Crippen LogP contribution in [0.5, 0.6) is 0 Å². The van der Waals surface area contributed by atoms with Gasteiger partial charge in [-0.1, -0.05) is 42.5 Å². The van der Waals surface area contributed by atoms with E-state index >= 15 is 0 Å². The zero-order chi connectivity index (χ0) is 24.7. The molecule has 1 saturated carbocycles. The van der Waals surface area contributed by atoms with Crippen molar-refractivity contribution in [2.24, 2.45) is 11.8 Å². The molecule has 0 radical (unpaired) electrons. The number of ether oxygens (including phenoxy) is 2. The van der Waals surface area contributed by atoms with Crippen molar-refractivity contribution in [1.82, 2.24) is 0 Å². The van der Waals surface area contributed by atoms with Gasteiger partial charge in [-0.05, 0) is 87.6 Å². The van der Waals surface area contributed by atoms with Gasteiger partial charge < -0.3 is 19.7 Å². The van der Waals surface area contributed by atoms with Crippen LogP contribution in [0, 0.1) is 11.8 Å². The summed E-state index contributed by atoms with van der Waals surface area (Å²) in [4.78, 5) is 11.8. The molecule has 2 aliphatic rings. The molecule has 0 spiro atoms. The first-order valence-electron chi connectivity index (χ1n) is 13.0. The molecular formula is C29H38O5S. The van der Waals surface area contributed by atoms with E-state index < -0.39 is 11.6 Å². The van der Waals surface area contributed by atoms with Gasteiger partial charge in [0, 0.05) is 22.6 Å². The minimum absolute atomic E-state index is 0.166. The third-order valence-corrected chi connectivity index (χ3v) is 8.60. The lowest BCUT2D eigenvalue weighted by atomic mass is 9.89. The van der Waals surface area contributed by atoms with Crippen molar-refractivity contribution >= 4 is 27.4 Å². The molecule has 2 fully saturated rings. The minimum atomic E-state index is -0.752. The molecular weight excluding hydrogens is 460 g/mol. The maximum absolute atomic E-state index is 10.7. The summed E-state index contributed by atoms with van der Waals surface area (Å²) in [6.45, 7) is 2.88. The van der Waals surface area contributed by atoms with Crippen molar-refractivity contribution < 1.29 is 24.5 Å². The van der Waals surface area contributed by atoms with E-state index in [4.69, 9.17) is 14.6 Å². The Morgan fingerprint density at radius 2 is 2.09 bits per heavy atom. The standard InChI is InChI=1S/C29H38O5S/c1-29(34-28-14-8-9-19-33-28,26-20-22-10-6-7-12-25(22)35-26)18-17-21-15-16-24(30)23(21)11-4-2-3-5-13-27(31)32/h2,4,6-7,10,12,17-18,20-21,23-24,28,30H,3,5,8-9,11,13-16,19H2,1H3,(H,31,32)/b4-2-,18-17+/t21-,23-,24+,28?,29?/m1/s1. The van der Waals surface area contributed by atoms with Crippen LogP contribution in [0.4, 0.5) is 0 Å². The first-order chi connectivity index (χ1) is 16.9. The van der Waals surface area contributed by atoms with Crippen molar-refractivity contribution in [3.8, 4) is 0 Å². The largest absolute Gasteiger partial charge is 0.481 e. The fraction of sp³-hybridized carbons (Fsp3) is 0.552. The molecule has 2 N–H and O–H groups in total. The Labute approximate surface area is 212 Å². The van der Waals surface area contributed by atoms with E-state index in [2.05, 4.69) is 61.6 Å². The van der Waals surface area contributed by atoms with Crippen molar-refractivity contribution in [1.29, 1.82) is 0 Å². The predicted octanol–water partition coefficient (Wildman–Crippen LogP) is 6.80. The number of carbonyl (C=O) groups is 1. The lowest BCUT2D eigenvalue weighted by Gasteiger charge is -2.33. The molecule has 1 aromatic carbocycles. The molecule has 1 aliphatic carbocycles. The Kier molecular flexibility index (Phi) is 9.17. The van der Waals surface area contributed by atoms with Gasteiger partial charge in [0.25, 0.3) is 0 Å². The third-order valence-electron chi connectivity index (χ3n) is 7.27. The second-order valence-electron chi connectivity index (χ2n) is 9.99. The fourth-order valence-corrected chi connectivity index (χ4v) is 6.31. The fourth-order valence-electron chi connectivity index (χ4n) is 5.18. The molecule has 2 aromatic rings. The number of thiophene rings is 1. The molecule has 1 saturated heterocycles. The van der Waals surface area contributed by atoms with E-state index in [1.807, 2.05) is 0 Å². The summed E-state index contributed by atoms with van der Waals surface area (Å²) >= 11 is 1.77. The second kappa shape index (κ2) is 12.3. The Bertz CT molecular complexity index is 988. The number of aliphatic hydroxyl groups is 1. The maximum Gasteiger partial charge on any atom is 0.303 e. The van der Waals surface area contributed by atoms with Crippen LogP contribution in [-0.4, -0.2) is 35.2 Å². The van der Waals surface area contributed by atoms with Crippen LogP contribution in [0.3, 0.4) is 0 Å². The number of hydrogen-bond acceptors (Lipinski definition) is 5. The van der Waals surface area contributed by atoms with E-state index in [0.29, 0.717) is 6.42 Å². The second-order valence-corrected chi connectivity index (χ2v) is 11.1. The number of benzene rings is 1. The Balaban J connectivity index is 1.48. The number of rotatable bonds is 11. The van der Waals surface area contributed by atoms with E-state index in [-0.39, 0.29) is 30.7 Å². The summed E-state index contributed by atoms with van der Waals surface area (Å²) < 4.78 is 13.8. The number of fused-ring (bicyclic) bond motifs is 1. The Hall–Kier alpha value is -1.99. The van der Waals surface area contributed by atoms with Crippen LogP contribution in [0.15, 0.2) is 54.6 Å². The van der Waals surface area contributed by atoms with Crippen molar-refractivity contribution in [2.75, 3.05) is 6.61 Å². The smallest absolute Gasteiger partial charge is 0.303 e. The summed E-state index contributed by atoms with van der Waals surface area (Å²) in [5.41, 5.74) is -0.601. The van der Waals surface area contributed by atoms with Crippen LogP contribution < -0.4 is 0 Å². The van der Waals surface area contributed by atoms with Gasteiger partial charge in [0.2, 0.25) is 0 Å². The van der Waals surface area contributed by atoms with Crippen LogP contribution >= 0.6 is 11.3 Å². The molecule has 6 heteroatoms. The monoisotopic (exact) mass is 498 g/mol. The van der Waals surface area contributed by atoms with Crippen molar-refractivity contribution in [2.45, 2.75) is 82.7 Å². The van der Waals surface area contributed by atoms with Gasteiger partial charge in [-0.2, -0.15) is 0 Å². The maximum atomic E-state index is 10.7. The van der Waals surface area contributed by atoms with Crippen molar-refractivity contribution in [3.05, 3.63) is 59.5 Å². The lowest BCUT2D eigenvalue weighted by molar-refractivity contribution is -0.209. The van der Waals surface area contributed by atoms with Gasteiger partial charge in [-0.15, -0.1) is 11.3 Å². The molecule has 190 valence electrons. The molecule has 0 amide bonds. The van der Waals surface area contributed by atoms with Crippen LogP contribution in [-0.2, 0) is 19.9 Å². The number of aliphatic carboxylic acids is 1. The van der Waals surface area contributed by atoms with Gasteiger partial charge in [0.1, 0.15) is 5.60 Å². The van der Waals surface area contributed by atoms with E-state index in [9.17, 15) is 9.90 Å². The average Bonchev–Trinajstić information content (AvgIpc) is 3.44. The van der Waals surface area contributed by atoms with Crippen LogP contribution in [0.25, 0.3) is 10.1 Å². The first kappa shape index (κ1) is 26.1. The van der Waals surface area contributed by atoms with Crippen molar-refractivity contribution in [3.63, 3.8) is 0 Å². The SMILES string of the molecule is CC(/C=C/[C@H]1CC[C@H](O)[C@@H]1C/C=C\CCCC(=O)O)(OC1CCCCO1)c1cc2ccccc2s1.